The van der Waals surface area contributed by atoms with Crippen molar-refractivity contribution in [2.75, 3.05) is 0 Å². The maximum absolute atomic E-state index is 9.67. The molecule has 0 saturated heterocycles. The standard InChI is InChI=1S/C26H30BNO2/c1-25(2,3)17-10-12-23-21(14-17)22-15-18(26(4,5)6)11-13-24(22)28(23)20-9-7-8-19(16-20)27(29)30/h7-16,29-30H,1-6H3. The Morgan fingerprint density at radius 1 is 0.667 bits per heavy atom. The van der Waals surface area contributed by atoms with E-state index in [1.165, 1.54) is 21.9 Å². The normalized spacial score (nSPS) is 12.7. The quantitative estimate of drug-likeness (QED) is 0.463. The molecule has 2 N–H and O–H groups in total. The summed E-state index contributed by atoms with van der Waals surface area (Å²) in [6, 6.07) is 20.9. The highest BCUT2D eigenvalue weighted by Crippen LogP contribution is 2.37. The van der Waals surface area contributed by atoms with E-state index in [1.54, 1.807) is 6.07 Å². The molecule has 0 aliphatic carbocycles. The molecule has 1 heterocycles. The second-order valence-electron chi connectivity index (χ2n) is 10.3. The molecule has 0 fully saturated rings. The fraction of sp³-hybridized carbons (Fsp3) is 0.308. The lowest BCUT2D eigenvalue weighted by Crippen LogP contribution is -2.29. The number of fused-ring (bicyclic) bond motifs is 3. The summed E-state index contributed by atoms with van der Waals surface area (Å²) in [4.78, 5) is 0. The van der Waals surface area contributed by atoms with Crippen LogP contribution in [-0.2, 0) is 10.8 Å². The molecular weight excluding hydrogens is 369 g/mol. The predicted octanol–water partition coefficient (Wildman–Crippen LogP) is 5.06. The predicted molar refractivity (Wildman–Crippen MR) is 128 cm³/mol. The maximum Gasteiger partial charge on any atom is 0.488 e. The van der Waals surface area contributed by atoms with Gasteiger partial charge in [0.25, 0.3) is 0 Å². The van der Waals surface area contributed by atoms with Gasteiger partial charge in [-0.2, -0.15) is 0 Å². The number of hydrogen-bond donors (Lipinski definition) is 2. The molecule has 3 aromatic carbocycles. The summed E-state index contributed by atoms with van der Waals surface area (Å²) >= 11 is 0. The third kappa shape index (κ3) is 3.55. The molecular formula is C26H30BNO2. The summed E-state index contributed by atoms with van der Waals surface area (Å²) in [6.07, 6.45) is 0. The Kier molecular flexibility index (Phi) is 4.83. The van der Waals surface area contributed by atoms with Gasteiger partial charge in [0.15, 0.2) is 0 Å². The Balaban J connectivity index is 2.10. The summed E-state index contributed by atoms with van der Waals surface area (Å²) in [7, 11) is -1.49. The lowest BCUT2D eigenvalue weighted by molar-refractivity contribution is 0.426. The van der Waals surface area contributed by atoms with E-state index in [1.807, 2.05) is 18.2 Å². The Morgan fingerprint density at radius 2 is 1.17 bits per heavy atom. The van der Waals surface area contributed by atoms with Crippen LogP contribution in [0, 0.1) is 0 Å². The number of hydrogen-bond acceptors (Lipinski definition) is 2. The lowest BCUT2D eigenvalue weighted by Gasteiger charge is -2.19. The third-order valence-corrected chi connectivity index (χ3v) is 5.92. The number of nitrogens with zero attached hydrogens (tertiary/aromatic N) is 1. The van der Waals surface area contributed by atoms with Crippen LogP contribution in [0.4, 0.5) is 0 Å². The molecule has 0 atom stereocenters. The van der Waals surface area contributed by atoms with Gasteiger partial charge in [-0.3, -0.25) is 0 Å². The van der Waals surface area contributed by atoms with Gasteiger partial charge in [-0.15, -0.1) is 0 Å². The molecule has 0 bridgehead atoms. The van der Waals surface area contributed by atoms with Crippen molar-refractivity contribution in [1.29, 1.82) is 0 Å². The van der Waals surface area contributed by atoms with E-state index in [4.69, 9.17) is 0 Å². The molecule has 0 aliphatic rings. The van der Waals surface area contributed by atoms with Crippen LogP contribution in [-0.4, -0.2) is 21.7 Å². The van der Waals surface area contributed by atoms with E-state index in [0.717, 1.165) is 16.7 Å². The minimum atomic E-state index is -1.49. The van der Waals surface area contributed by atoms with Gasteiger partial charge in [0.1, 0.15) is 0 Å². The third-order valence-electron chi connectivity index (χ3n) is 5.92. The minimum Gasteiger partial charge on any atom is -0.423 e. The Morgan fingerprint density at radius 3 is 1.60 bits per heavy atom. The first kappa shape index (κ1) is 20.7. The first-order valence-corrected chi connectivity index (χ1v) is 10.5. The minimum absolute atomic E-state index is 0.0607. The van der Waals surface area contributed by atoms with Gasteiger partial charge < -0.3 is 14.6 Å². The summed E-state index contributed by atoms with van der Waals surface area (Å²) in [5.74, 6) is 0. The van der Waals surface area contributed by atoms with E-state index >= 15 is 0 Å². The summed E-state index contributed by atoms with van der Waals surface area (Å²) in [5, 5.41) is 21.8. The zero-order valence-electron chi connectivity index (χ0n) is 18.7. The topological polar surface area (TPSA) is 45.4 Å². The summed E-state index contributed by atoms with van der Waals surface area (Å²) in [5.41, 5.74) is 6.37. The largest absolute Gasteiger partial charge is 0.488 e. The van der Waals surface area contributed by atoms with E-state index < -0.39 is 7.12 Å². The molecule has 4 rings (SSSR count). The van der Waals surface area contributed by atoms with Gasteiger partial charge in [0.05, 0.1) is 11.0 Å². The molecule has 154 valence electrons. The molecule has 4 heteroatoms. The highest BCUT2D eigenvalue weighted by molar-refractivity contribution is 6.58. The second-order valence-corrected chi connectivity index (χ2v) is 10.3. The van der Waals surface area contributed by atoms with E-state index in [2.05, 4.69) is 82.5 Å². The van der Waals surface area contributed by atoms with Crippen molar-refractivity contribution in [3.8, 4) is 5.69 Å². The van der Waals surface area contributed by atoms with Crippen LogP contribution in [0.5, 0.6) is 0 Å². The fourth-order valence-corrected chi connectivity index (χ4v) is 4.06. The average molecular weight is 399 g/mol. The van der Waals surface area contributed by atoms with Crippen LogP contribution in [0.25, 0.3) is 27.5 Å². The van der Waals surface area contributed by atoms with Gasteiger partial charge in [0, 0.05) is 16.5 Å². The summed E-state index contributed by atoms with van der Waals surface area (Å²) < 4.78 is 2.22. The van der Waals surface area contributed by atoms with Crippen molar-refractivity contribution < 1.29 is 10.0 Å². The highest BCUT2D eigenvalue weighted by atomic mass is 16.4. The molecule has 0 amide bonds. The lowest BCUT2D eigenvalue weighted by atomic mass is 9.80. The van der Waals surface area contributed by atoms with Crippen molar-refractivity contribution in [3.05, 3.63) is 71.8 Å². The molecule has 0 aliphatic heterocycles. The molecule has 0 saturated carbocycles. The van der Waals surface area contributed by atoms with Gasteiger partial charge in [-0.1, -0.05) is 65.8 Å². The maximum atomic E-state index is 9.67. The molecule has 30 heavy (non-hydrogen) atoms. The molecule has 3 nitrogen and oxygen atoms in total. The van der Waals surface area contributed by atoms with Crippen molar-refractivity contribution in [2.45, 2.75) is 52.4 Å². The smallest absolute Gasteiger partial charge is 0.423 e. The van der Waals surface area contributed by atoms with Crippen molar-refractivity contribution in [1.82, 2.24) is 4.57 Å². The fourth-order valence-electron chi connectivity index (χ4n) is 4.06. The van der Waals surface area contributed by atoms with E-state index in [9.17, 15) is 10.0 Å². The molecule has 0 radical (unpaired) electrons. The average Bonchev–Trinajstić information content (AvgIpc) is 2.99. The SMILES string of the molecule is CC(C)(C)c1ccc2c(c1)c1cc(C(C)(C)C)ccc1n2-c1cccc(B(O)O)c1. The number of benzene rings is 3. The van der Waals surface area contributed by atoms with Crippen LogP contribution in [0.2, 0.25) is 0 Å². The van der Waals surface area contributed by atoms with Gasteiger partial charge in [0.2, 0.25) is 0 Å². The molecule has 0 spiro atoms. The molecule has 4 aromatic rings. The number of aromatic nitrogens is 1. The Labute approximate surface area is 179 Å². The first-order valence-electron chi connectivity index (χ1n) is 10.5. The second kappa shape index (κ2) is 7.00. The molecule has 1 aromatic heterocycles. The van der Waals surface area contributed by atoms with Crippen LogP contribution in [0.3, 0.4) is 0 Å². The van der Waals surface area contributed by atoms with Crippen molar-refractivity contribution in [3.63, 3.8) is 0 Å². The van der Waals surface area contributed by atoms with Gasteiger partial charge >= 0.3 is 7.12 Å². The Hall–Kier alpha value is -2.56. The highest BCUT2D eigenvalue weighted by Gasteiger charge is 2.21. The van der Waals surface area contributed by atoms with Crippen LogP contribution in [0.1, 0.15) is 52.7 Å². The number of rotatable bonds is 2. The van der Waals surface area contributed by atoms with Crippen LogP contribution < -0.4 is 5.46 Å². The first-order chi connectivity index (χ1) is 14.0. The monoisotopic (exact) mass is 399 g/mol. The Bertz CT molecular complexity index is 1170. The summed E-state index contributed by atoms with van der Waals surface area (Å²) in [6.45, 7) is 13.4. The van der Waals surface area contributed by atoms with Crippen LogP contribution in [0.15, 0.2) is 60.7 Å². The van der Waals surface area contributed by atoms with Crippen molar-refractivity contribution >= 4 is 34.4 Å². The zero-order valence-corrected chi connectivity index (χ0v) is 18.7. The van der Waals surface area contributed by atoms with Crippen LogP contribution >= 0.6 is 0 Å². The van der Waals surface area contributed by atoms with Gasteiger partial charge in [-0.05, 0) is 63.8 Å². The van der Waals surface area contributed by atoms with E-state index in [0.29, 0.717) is 5.46 Å². The molecule has 0 unspecified atom stereocenters. The van der Waals surface area contributed by atoms with Gasteiger partial charge in [-0.25, -0.2) is 0 Å². The van der Waals surface area contributed by atoms with Crippen molar-refractivity contribution in [2.24, 2.45) is 0 Å². The zero-order chi connectivity index (χ0) is 21.8. The van der Waals surface area contributed by atoms with E-state index in [-0.39, 0.29) is 10.8 Å².